The Labute approximate surface area is 146 Å². The number of hydrogen-bond acceptors (Lipinski definition) is 5. The lowest BCUT2D eigenvalue weighted by Crippen LogP contribution is -2.36. The first kappa shape index (κ1) is 16.9. The molecule has 24 heavy (non-hydrogen) atoms. The lowest BCUT2D eigenvalue weighted by Gasteiger charge is -2.28. The lowest BCUT2D eigenvalue weighted by molar-refractivity contribution is 0.0955. The number of nitrogens with one attached hydrogen (secondary N) is 1. The van der Waals surface area contributed by atoms with Gasteiger partial charge in [-0.15, -0.1) is 11.3 Å². The minimum atomic E-state index is -0.00691. The van der Waals surface area contributed by atoms with Crippen LogP contribution in [-0.4, -0.2) is 37.2 Å². The Morgan fingerprint density at radius 1 is 1.38 bits per heavy atom. The first-order valence-electron chi connectivity index (χ1n) is 8.32. The second-order valence-corrected chi connectivity index (χ2v) is 7.11. The summed E-state index contributed by atoms with van der Waals surface area (Å²) >= 11 is 1.56. The van der Waals surface area contributed by atoms with Crippen LogP contribution in [0.3, 0.4) is 0 Å². The summed E-state index contributed by atoms with van der Waals surface area (Å²) in [5.74, 6) is 0.942. The Morgan fingerprint density at radius 3 is 2.88 bits per heavy atom. The maximum absolute atomic E-state index is 12.3. The Kier molecular flexibility index (Phi) is 5.48. The molecule has 1 amide bonds. The number of carbonyl (C=O) groups excluding carboxylic acids is 1. The highest BCUT2D eigenvalue weighted by Crippen LogP contribution is 2.22. The van der Waals surface area contributed by atoms with E-state index < -0.39 is 0 Å². The molecule has 2 aromatic heterocycles. The van der Waals surface area contributed by atoms with Crippen molar-refractivity contribution in [1.82, 2.24) is 10.3 Å². The van der Waals surface area contributed by atoms with Crippen LogP contribution in [0.25, 0.3) is 0 Å². The van der Waals surface area contributed by atoms with E-state index in [9.17, 15) is 4.79 Å². The summed E-state index contributed by atoms with van der Waals surface area (Å²) in [7, 11) is 0. The van der Waals surface area contributed by atoms with E-state index in [0.717, 1.165) is 49.0 Å². The molecule has 128 valence electrons. The number of carbonyl (C=O) groups is 1. The summed E-state index contributed by atoms with van der Waals surface area (Å²) in [6, 6.07) is 5.99. The molecule has 1 saturated heterocycles. The number of anilines is 1. The molecule has 1 aliphatic rings. The van der Waals surface area contributed by atoms with Crippen LogP contribution < -0.4 is 10.2 Å². The summed E-state index contributed by atoms with van der Waals surface area (Å²) in [6.45, 7) is 7.88. The largest absolute Gasteiger partial charge is 0.378 e. The monoisotopic (exact) mass is 345 g/mol. The number of aromatic nitrogens is 1. The van der Waals surface area contributed by atoms with Crippen LogP contribution >= 0.6 is 11.3 Å². The van der Waals surface area contributed by atoms with Gasteiger partial charge in [0.05, 0.1) is 18.1 Å². The second kappa shape index (κ2) is 7.77. The quantitative estimate of drug-likeness (QED) is 0.905. The van der Waals surface area contributed by atoms with Crippen LogP contribution in [0.15, 0.2) is 24.4 Å². The fourth-order valence-electron chi connectivity index (χ4n) is 2.79. The van der Waals surface area contributed by atoms with E-state index in [0.29, 0.717) is 6.54 Å². The van der Waals surface area contributed by atoms with Crippen molar-refractivity contribution >= 4 is 23.1 Å². The summed E-state index contributed by atoms with van der Waals surface area (Å²) in [6.07, 6.45) is 2.76. The molecule has 0 unspecified atom stereocenters. The smallest absolute Gasteiger partial charge is 0.261 e. The normalized spacial score (nSPS) is 14.7. The molecule has 3 rings (SSSR count). The van der Waals surface area contributed by atoms with Gasteiger partial charge in [-0.2, -0.15) is 0 Å². The lowest BCUT2D eigenvalue weighted by atomic mass is 10.2. The summed E-state index contributed by atoms with van der Waals surface area (Å²) in [4.78, 5) is 21.0. The number of amides is 1. The van der Waals surface area contributed by atoms with E-state index in [1.165, 1.54) is 10.4 Å². The maximum atomic E-state index is 12.3. The molecule has 5 nitrogen and oxygen atoms in total. The standard InChI is InChI=1S/C18H23N3O2S/c1-3-15-11-16(24-13(15)2)18(22)20-12-14-4-5-19-17(10-14)21-6-8-23-9-7-21/h4-5,10-11H,3,6-9,12H2,1-2H3,(H,20,22). The first-order chi connectivity index (χ1) is 11.7. The Bertz CT molecular complexity index is 708. The number of pyridine rings is 1. The minimum Gasteiger partial charge on any atom is -0.378 e. The Balaban J connectivity index is 1.62. The average Bonchev–Trinajstić information content (AvgIpc) is 3.01. The van der Waals surface area contributed by atoms with Crippen molar-refractivity contribution in [2.75, 3.05) is 31.2 Å². The average molecular weight is 345 g/mol. The first-order valence-corrected chi connectivity index (χ1v) is 9.14. The van der Waals surface area contributed by atoms with Gasteiger partial charge in [-0.3, -0.25) is 4.79 Å². The highest BCUT2D eigenvalue weighted by molar-refractivity contribution is 7.14. The zero-order valence-corrected chi connectivity index (χ0v) is 15.0. The van der Waals surface area contributed by atoms with Gasteiger partial charge in [0.15, 0.2) is 0 Å². The van der Waals surface area contributed by atoms with Gasteiger partial charge in [-0.1, -0.05) is 6.92 Å². The van der Waals surface area contributed by atoms with E-state index in [4.69, 9.17) is 4.74 Å². The fourth-order valence-corrected chi connectivity index (χ4v) is 3.82. The number of nitrogens with zero attached hydrogens (tertiary/aromatic N) is 2. The Hall–Kier alpha value is -1.92. The second-order valence-electron chi connectivity index (χ2n) is 5.85. The molecule has 0 spiro atoms. The third-order valence-corrected chi connectivity index (χ3v) is 5.31. The molecule has 3 heterocycles. The molecule has 6 heteroatoms. The van der Waals surface area contributed by atoms with E-state index in [-0.39, 0.29) is 5.91 Å². The number of ether oxygens (including phenoxy) is 1. The molecule has 1 fully saturated rings. The molecule has 2 aromatic rings. The van der Waals surface area contributed by atoms with Gasteiger partial charge in [0, 0.05) is 30.7 Å². The fraction of sp³-hybridized carbons (Fsp3) is 0.444. The van der Waals surface area contributed by atoms with Crippen molar-refractivity contribution in [1.29, 1.82) is 0 Å². The molecule has 0 saturated carbocycles. The predicted molar refractivity (Wildman–Crippen MR) is 96.9 cm³/mol. The van der Waals surface area contributed by atoms with Crippen molar-refractivity contribution < 1.29 is 9.53 Å². The molecule has 0 aromatic carbocycles. The van der Waals surface area contributed by atoms with E-state index in [2.05, 4.69) is 29.0 Å². The zero-order valence-electron chi connectivity index (χ0n) is 14.2. The van der Waals surface area contributed by atoms with Gasteiger partial charge in [-0.05, 0) is 42.7 Å². The summed E-state index contributed by atoms with van der Waals surface area (Å²) in [5, 5.41) is 3.01. The van der Waals surface area contributed by atoms with Gasteiger partial charge < -0.3 is 15.0 Å². The van der Waals surface area contributed by atoms with E-state index in [1.54, 1.807) is 17.5 Å². The van der Waals surface area contributed by atoms with Crippen LogP contribution in [0, 0.1) is 6.92 Å². The van der Waals surface area contributed by atoms with Crippen molar-refractivity contribution in [2.45, 2.75) is 26.8 Å². The van der Waals surface area contributed by atoms with Gasteiger partial charge in [0.25, 0.3) is 5.91 Å². The van der Waals surface area contributed by atoms with Gasteiger partial charge in [0.1, 0.15) is 5.82 Å². The number of aryl methyl sites for hydroxylation is 2. The topological polar surface area (TPSA) is 54.5 Å². The maximum Gasteiger partial charge on any atom is 0.261 e. The van der Waals surface area contributed by atoms with Crippen molar-refractivity contribution in [3.05, 3.63) is 45.3 Å². The molecule has 0 radical (unpaired) electrons. The van der Waals surface area contributed by atoms with Crippen molar-refractivity contribution in [3.8, 4) is 0 Å². The number of hydrogen-bond donors (Lipinski definition) is 1. The van der Waals surface area contributed by atoms with Gasteiger partial charge in [-0.25, -0.2) is 4.98 Å². The third kappa shape index (κ3) is 3.94. The SMILES string of the molecule is CCc1cc(C(=O)NCc2ccnc(N3CCOCC3)c2)sc1C. The minimum absolute atomic E-state index is 0.00691. The molecular formula is C18H23N3O2S. The van der Waals surface area contributed by atoms with Crippen molar-refractivity contribution in [3.63, 3.8) is 0 Å². The molecular weight excluding hydrogens is 322 g/mol. The van der Waals surface area contributed by atoms with E-state index in [1.807, 2.05) is 18.2 Å². The van der Waals surface area contributed by atoms with Crippen LogP contribution in [-0.2, 0) is 17.7 Å². The van der Waals surface area contributed by atoms with Crippen LogP contribution in [0.1, 0.15) is 32.6 Å². The zero-order chi connectivity index (χ0) is 16.9. The highest BCUT2D eigenvalue weighted by Gasteiger charge is 2.14. The summed E-state index contributed by atoms with van der Waals surface area (Å²) < 4.78 is 5.37. The summed E-state index contributed by atoms with van der Waals surface area (Å²) in [5.41, 5.74) is 2.31. The molecule has 0 bridgehead atoms. The number of morpholine rings is 1. The van der Waals surface area contributed by atoms with Gasteiger partial charge in [0.2, 0.25) is 0 Å². The highest BCUT2D eigenvalue weighted by atomic mass is 32.1. The van der Waals surface area contributed by atoms with Gasteiger partial charge >= 0.3 is 0 Å². The molecule has 1 N–H and O–H groups in total. The molecule has 1 aliphatic heterocycles. The number of rotatable bonds is 5. The third-order valence-electron chi connectivity index (χ3n) is 4.22. The predicted octanol–water partition coefficient (Wildman–Crippen LogP) is 2.78. The van der Waals surface area contributed by atoms with Crippen LogP contribution in [0.4, 0.5) is 5.82 Å². The Morgan fingerprint density at radius 2 is 2.17 bits per heavy atom. The molecule has 0 aliphatic carbocycles. The van der Waals surface area contributed by atoms with E-state index >= 15 is 0 Å². The molecule has 0 atom stereocenters. The van der Waals surface area contributed by atoms with Crippen LogP contribution in [0.5, 0.6) is 0 Å². The number of thiophene rings is 1. The van der Waals surface area contributed by atoms with Crippen molar-refractivity contribution in [2.24, 2.45) is 0 Å². The van der Waals surface area contributed by atoms with Crippen LogP contribution in [0.2, 0.25) is 0 Å².